The molecule has 0 aliphatic carbocycles. The molecule has 0 unspecified atom stereocenters. The predicted octanol–water partition coefficient (Wildman–Crippen LogP) is 3.70. The molecule has 34 heavy (non-hydrogen) atoms. The molecule has 0 radical (unpaired) electrons. The highest BCUT2D eigenvalue weighted by atomic mass is 35.5. The molecule has 2 heterocycles. The number of phenols is 1. The second-order valence-electron chi connectivity index (χ2n) is 7.92. The van der Waals surface area contributed by atoms with Crippen LogP contribution in [0.15, 0.2) is 24.3 Å². The molecule has 0 fully saturated rings. The lowest BCUT2D eigenvalue weighted by atomic mass is 9.94. The number of fused-ring (bicyclic) bond motifs is 1. The van der Waals surface area contributed by atoms with Crippen molar-refractivity contribution < 1.29 is 29.2 Å². The third kappa shape index (κ3) is 3.80. The SMILES string of the molecule is COc1cc([C@H]2c3c(-c4cc(Cl)c(C)cc4O)n[nH]c3C(=O)N2CCCO)cc(OC)c1OC. The van der Waals surface area contributed by atoms with E-state index in [-0.39, 0.29) is 18.3 Å². The van der Waals surface area contributed by atoms with Gasteiger partial charge in [-0.25, -0.2) is 0 Å². The number of phenolic OH excluding ortho intramolecular Hbond substituents is 1. The van der Waals surface area contributed by atoms with E-state index < -0.39 is 6.04 Å². The lowest BCUT2D eigenvalue weighted by Crippen LogP contribution is -2.31. The smallest absolute Gasteiger partial charge is 0.273 e. The van der Waals surface area contributed by atoms with Crippen molar-refractivity contribution in [3.63, 3.8) is 0 Å². The summed E-state index contributed by atoms with van der Waals surface area (Å²) < 4.78 is 16.5. The number of aliphatic hydroxyl groups is 1. The molecule has 0 spiro atoms. The van der Waals surface area contributed by atoms with E-state index in [1.165, 1.54) is 21.3 Å². The van der Waals surface area contributed by atoms with Crippen molar-refractivity contribution in [3.05, 3.63) is 51.7 Å². The first-order valence-electron chi connectivity index (χ1n) is 10.7. The van der Waals surface area contributed by atoms with E-state index in [4.69, 9.17) is 25.8 Å². The largest absolute Gasteiger partial charge is 0.507 e. The van der Waals surface area contributed by atoms with Gasteiger partial charge in [0.1, 0.15) is 17.1 Å². The third-order valence-electron chi connectivity index (χ3n) is 5.96. The first kappa shape index (κ1) is 23.7. The Balaban J connectivity index is 1.95. The van der Waals surface area contributed by atoms with Gasteiger partial charge in [0, 0.05) is 29.3 Å². The topological polar surface area (TPSA) is 117 Å². The van der Waals surface area contributed by atoms with Gasteiger partial charge in [-0.15, -0.1) is 0 Å². The molecule has 3 N–H and O–H groups in total. The van der Waals surface area contributed by atoms with Crippen molar-refractivity contribution in [2.45, 2.75) is 19.4 Å². The van der Waals surface area contributed by atoms with Gasteiger partial charge in [0.05, 0.1) is 27.4 Å². The number of aromatic amines is 1. The number of hydrogen-bond donors (Lipinski definition) is 3. The molecule has 0 saturated heterocycles. The number of halogens is 1. The Labute approximate surface area is 201 Å². The minimum absolute atomic E-state index is 0.00102. The Morgan fingerprint density at radius 1 is 1.12 bits per heavy atom. The summed E-state index contributed by atoms with van der Waals surface area (Å²) in [6.45, 7) is 2.03. The van der Waals surface area contributed by atoms with E-state index in [1.807, 2.05) is 0 Å². The minimum Gasteiger partial charge on any atom is -0.507 e. The molecule has 180 valence electrons. The van der Waals surface area contributed by atoms with E-state index in [2.05, 4.69) is 10.2 Å². The Kier molecular flexibility index (Phi) is 6.58. The Morgan fingerprint density at radius 3 is 2.38 bits per heavy atom. The zero-order valence-electron chi connectivity index (χ0n) is 19.3. The number of nitrogens with zero attached hydrogens (tertiary/aromatic N) is 2. The fourth-order valence-electron chi connectivity index (χ4n) is 4.34. The molecule has 2 aromatic carbocycles. The number of methoxy groups -OCH3 is 3. The normalized spacial score (nSPS) is 14.9. The van der Waals surface area contributed by atoms with Crippen molar-refractivity contribution in [2.75, 3.05) is 34.5 Å². The van der Waals surface area contributed by atoms with Gasteiger partial charge in [0.25, 0.3) is 5.91 Å². The molecule has 1 aromatic heterocycles. The Morgan fingerprint density at radius 2 is 1.79 bits per heavy atom. The molecule has 0 bridgehead atoms. The number of amides is 1. The first-order valence-corrected chi connectivity index (χ1v) is 11.0. The number of aryl methyl sites for hydroxylation is 1. The van der Waals surface area contributed by atoms with Crippen LogP contribution in [0, 0.1) is 6.92 Å². The van der Waals surface area contributed by atoms with Crippen LogP contribution >= 0.6 is 11.6 Å². The van der Waals surface area contributed by atoms with Crippen LogP contribution in [0.25, 0.3) is 11.3 Å². The molecule has 3 aromatic rings. The Hall–Kier alpha value is -3.43. The van der Waals surface area contributed by atoms with Crippen molar-refractivity contribution in [1.82, 2.24) is 15.1 Å². The minimum atomic E-state index is -0.587. The van der Waals surface area contributed by atoms with Crippen LogP contribution in [0.5, 0.6) is 23.0 Å². The van der Waals surface area contributed by atoms with Gasteiger partial charge < -0.3 is 29.3 Å². The molecule has 1 amide bonds. The Bertz CT molecular complexity index is 1220. The fourth-order valence-corrected chi connectivity index (χ4v) is 4.50. The molecule has 9 nitrogen and oxygen atoms in total. The van der Waals surface area contributed by atoms with Crippen LogP contribution in [-0.2, 0) is 0 Å². The molecule has 4 rings (SSSR count). The number of aromatic hydroxyl groups is 1. The zero-order chi connectivity index (χ0) is 24.6. The van der Waals surface area contributed by atoms with Crippen LogP contribution in [0.2, 0.25) is 5.02 Å². The highest BCUT2D eigenvalue weighted by molar-refractivity contribution is 6.31. The van der Waals surface area contributed by atoms with Crippen LogP contribution in [0.3, 0.4) is 0 Å². The van der Waals surface area contributed by atoms with E-state index in [9.17, 15) is 15.0 Å². The average Bonchev–Trinajstić information content (AvgIpc) is 3.37. The van der Waals surface area contributed by atoms with Crippen LogP contribution in [-0.4, -0.2) is 65.7 Å². The van der Waals surface area contributed by atoms with Gasteiger partial charge >= 0.3 is 0 Å². The quantitative estimate of drug-likeness (QED) is 0.443. The van der Waals surface area contributed by atoms with Crippen molar-refractivity contribution >= 4 is 17.5 Å². The van der Waals surface area contributed by atoms with E-state index in [0.717, 1.165) is 5.56 Å². The number of nitrogens with one attached hydrogen (secondary N) is 1. The number of carbonyl (C=O) groups excluding carboxylic acids is 1. The van der Waals surface area contributed by atoms with Gasteiger partial charge in [-0.1, -0.05) is 11.6 Å². The summed E-state index contributed by atoms with van der Waals surface area (Å²) in [5, 5.41) is 27.8. The lowest BCUT2D eigenvalue weighted by Gasteiger charge is -2.27. The van der Waals surface area contributed by atoms with Gasteiger partial charge in [-0.05, 0) is 48.7 Å². The maximum Gasteiger partial charge on any atom is 0.273 e. The summed E-state index contributed by atoms with van der Waals surface area (Å²) >= 11 is 6.34. The summed E-state index contributed by atoms with van der Waals surface area (Å²) in [5.74, 6) is 1.03. The summed E-state index contributed by atoms with van der Waals surface area (Å²) in [6, 6.07) is 6.16. The average molecular weight is 488 g/mol. The number of aliphatic hydroxyl groups excluding tert-OH is 1. The van der Waals surface area contributed by atoms with Gasteiger partial charge in [0.2, 0.25) is 5.75 Å². The summed E-state index contributed by atoms with van der Waals surface area (Å²) in [7, 11) is 4.56. The zero-order valence-corrected chi connectivity index (χ0v) is 20.1. The van der Waals surface area contributed by atoms with Crippen LogP contribution in [0.1, 0.15) is 39.6 Å². The lowest BCUT2D eigenvalue weighted by molar-refractivity contribution is 0.0731. The molecule has 1 aliphatic rings. The van der Waals surface area contributed by atoms with Gasteiger partial charge in [0.15, 0.2) is 11.5 Å². The van der Waals surface area contributed by atoms with E-state index in [1.54, 1.807) is 36.1 Å². The van der Waals surface area contributed by atoms with Crippen LogP contribution in [0.4, 0.5) is 0 Å². The van der Waals surface area contributed by atoms with Crippen molar-refractivity contribution in [2.24, 2.45) is 0 Å². The number of rotatable bonds is 8. The monoisotopic (exact) mass is 487 g/mol. The summed E-state index contributed by atoms with van der Waals surface area (Å²) in [5.41, 5.74) is 3.13. The number of ether oxygens (including phenoxy) is 3. The maximum absolute atomic E-state index is 13.4. The van der Waals surface area contributed by atoms with Crippen molar-refractivity contribution in [3.8, 4) is 34.3 Å². The van der Waals surface area contributed by atoms with E-state index >= 15 is 0 Å². The third-order valence-corrected chi connectivity index (χ3v) is 6.36. The second-order valence-corrected chi connectivity index (χ2v) is 8.32. The molecule has 0 saturated carbocycles. The molecular formula is C24H26ClN3O6. The first-order chi connectivity index (χ1) is 16.4. The van der Waals surface area contributed by atoms with E-state index in [0.29, 0.717) is 63.3 Å². The van der Waals surface area contributed by atoms with Gasteiger partial charge in [-0.2, -0.15) is 5.10 Å². The molecular weight excluding hydrogens is 462 g/mol. The fraction of sp³-hybridized carbons (Fsp3) is 0.333. The maximum atomic E-state index is 13.4. The number of hydrogen-bond acceptors (Lipinski definition) is 7. The summed E-state index contributed by atoms with van der Waals surface area (Å²) in [6.07, 6.45) is 0.390. The second kappa shape index (κ2) is 9.44. The summed E-state index contributed by atoms with van der Waals surface area (Å²) in [4.78, 5) is 15.0. The molecule has 1 atom stereocenters. The predicted molar refractivity (Wildman–Crippen MR) is 126 cm³/mol. The highest BCUT2D eigenvalue weighted by Crippen LogP contribution is 2.48. The molecule has 1 aliphatic heterocycles. The number of H-pyrrole nitrogens is 1. The standard InChI is InChI=1S/C24H26ClN3O6/c1-12-8-16(30)14(11-15(12)25)20-19-21(27-26-20)24(31)28(6-5-7-29)22(19)13-9-17(32-2)23(34-4)18(10-13)33-3/h8-11,22,29-30H,5-7H2,1-4H3,(H,26,27)/t22-/m0/s1. The highest BCUT2D eigenvalue weighted by Gasteiger charge is 2.43. The number of aromatic nitrogens is 2. The van der Waals surface area contributed by atoms with Crippen molar-refractivity contribution in [1.29, 1.82) is 0 Å². The molecule has 10 heteroatoms. The number of benzene rings is 2. The van der Waals surface area contributed by atoms with Gasteiger partial charge in [-0.3, -0.25) is 9.89 Å². The van der Waals surface area contributed by atoms with Crippen LogP contribution < -0.4 is 14.2 Å². The number of carbonyl (C=O) groups is 1.